The summed E-state index contributed by atoms with van der Waals surface area (Å²) >= 11 is 0. The number of hydrogen-bond acceptors (Lipinski definition) is 5. The van der Waals surface area contributed by atoms with Crippen LogP contribution in [0.2, 0.25) is 0 Å². The molecule has 0 saturated carbocycles. The van der Waals surface area contributed by atoms with Gasteiger partial charge in [0.2, 0.25) is 0 Å². The van der Waals surface area contributed by atoms with E-state index in [1.807, 2.05) is 18.2 Å². The molecule has 1 fully saturated rings. The molecule has 1 aliphatic heterocycles. The molecule has 0 bridgehead atoms. The second-order valence-corrected chi connectivity index (χ2v) is 7.38. The number of nitrogens with one attached hydrogen (secondary N) is 1. The maximum atomic E-state index is 13.9. The fourth-order valence-corrected chi connectivity index (χ4v) is 3.73. The number of hydrogen-bond donors (Lipinski definition) is 1. The van der Waals surface area contributed by atoms with Crippen LogP contribution < -0.4 is 5.32 Å². The van der Waals surface area contributed by atoms with E-state index in [-0.39, 0.29) is 23.2 Å². The third-order valence-electron chi connectivity index (χ3n) is 5.36. The quantitative estimate of drug-likeness (QED) is 0.485. The number of nitro groups is 1. The zero-order valence-electron chi connectivity index (χ0n) is 16.7. The SMILES string of the molecule is O=C(c1ccccc1F)N1CCC(Nc2ccc([N+](=O)[O-])c(-c3ccccc3)n2)CC1. The van der Waals surface area contributed by atoms with Gasteiger partial charge in [-0.25, -0.2) is 9.37 Å². The van der Waals surface area contributed by atoms with Crippen molar-refractivity contribution >= 4 is 17.4 Å². The predicted octanol–water partition coefficient (Wildman–Crippen LogP) is 4.51. The van der Waals surface area contributed by atoms with E-state index in [4.69, 9.17) is 0 Å². The number of benzene rings is 2. The van der Waals surface area contributed by atoms with Crippen molar-refractivity contribution in [1.82, 2.24) is 9.88 Å². The molecule has 3 aromatic rings. The monoisotopic (exact) mass is 420 g/mol. The van der Waals surface area contributed by atoms with Crippen LogP contribution in [0.25, 0.3) is 11.3 Å². The smallest absolute Gasteiger partial charge is 0.295 e. The van der Waals surface area contributed by atoms with Crippen molar-refractivity contribution < 1.29 is 14.1 Å². The minimum absolute atomic E-state index is 0.0537. The van der Waals surface area contributed by atoms with E-state index in [9.17, 15) is 19.3 Å². The Balaban J connectivity index is 1.45. The van der Waals surface area contributed by atoms with Crippen LogP contribution in [-0.2, 0) is 0 Å². The van der Waals surface area contributed by atoms with Crippen molar-refractivity contribution in [2.24, 2.45) is 0 Å². The molecule has 7 nitrogen and oxygen atoms in total. The van der Waals surface area contributed by atoms with Crippen molar-refractivity contribution in [3.63, 3.8) is 0 Å². The van der Waals surface area contributed by atoms with Crippen LogP contribution in [0.1, 0.15) is 23.2 Å². The molecule has 1 aromatic heterocycles. The molecular weight excluding hydrogens is 399 g/mol. The maximum absolute atomic E-state index is 13.9. The number of rotatable bonds is 5. The molecule has 0 unspecified atom stereocenters. The van der Waals surface area contributed by atoms with Crippen molar-refractivity contribution in [2.45, 2.75) is 18.9 Å². The fourth-order valence-electron chi connectivity index (χ4n) is 3.73. The van der Waals surface area contributed by atoms with E-state index in [0.29, 0.717) is 43.0 Å². The number of carbonyl (C=O) groups is 1. The number of amides is 1. The Kier molecular flexibility index (Phi) is 5.88. The van der Waals surface area contributed by atoms with Crippen molar-refractivity contribution in [1.29, 1.82) is 0 Å². The van der Waals surface area contributed by atoms with E-state index in [1.165, 1.54) is 18.2 Å². The summed E-state index contributed by atoms with van der Waals surface area (Å²) in [5, 5.41) is 14.7. The number of pyridine rings is 1. The Morgan fingerprint density at radius 3 is 2.39 bits per heavy atom. The molecule has 158 valence electrons. The lowest BCUT2D eigenvalue weighted by molar-refractivity contribution is -0.384. The van der Waals surface area contributed by atoms with Gasteiger partial charge in [0.1, 0.15) is 11.6 Å². The summed E-state index contributed by atoms with van der Waals surface area (Å²) in [7, 11) is 0. The van der Waals surface area contributed by atoms with Gasteiger partial charge in [0, 0.05) is 30.8 Å². The molecule has 1 saturated heterocycles. The summed E-state index contributed by atoms with van der Waals surface area (Å²) in [4.78, 5) is 29.7. The minimum Gasteiger partial charge on any atom is -0.367 e. The number of halogens is 1. The van der Waals surface area contributed by atoms with Gasteiger partial charge in [-0.15, -0.1) is 0 Å². The number of likely N-dealkylation sites (tertiary alicyclic amines) is 1. The zero-order chi connectivity index (χ0) is 21.8. The third-order valence-corrected chi connectivity index (χ3v) is 5.36. The lowest BCUT2D eigenvalue weighted by Gasteiger charge is -2.32. The van der Waals surface area contributed by atoms with E-state index < -0.39 is 10.7 Å². The Morgan fingerprint density at radius 2 is 1.71 bits per heavy atom. The molecule has 8 heteroatoms. The first-order valence-electron chi connectivity index (χ1n) is 10.0. The first-order valence-corrected chi connectivity index (χ1v) is 10.0. The Labute approximate surface area is 178 Å². The highest BCUT2D eigenvalue weighted by Gasteiger charge is 2.26. The summed E-state index contributed by atoms with van der Waals surface area (Å²) < 4.78 is 13.9. The Hall–Kier alpha value is -3.81. The van der Waals surface area contributed by atoms with Gasteiger partial charge in [-0.3, -0.25) is 14.9 Å². The molecule has 0 radical (unpaired) electrons. The highest BCUT2D eigenvalue weighted by atomic mass is 19.1. The second-order valence-electron chi connectivity index (χ2n) is 7.38. The van der Waals surface area contributed by atoms with Crippen LogP contribution in [0.15, 0.2) is 66.7 Å². The summed E-state index contributed by atoms with van der Waals surface area (Å²) in [6.45, 7) is 0.979. The van der Waals surface area contributed by atoms with Gasteiger partial charge in [0.05, 0.1) is 10.5 Å². The topological polar surface area (TPSA) is 88.4 Å². The minimum atomic E-state index is -0.517. The largest absolute Gasteiger partial charge is 0.367 e. The summed E-state index contributed by atoms with van der Waals surface area (Å²) in [6, 6.07) is 18.1. The van der Waals surface area contributed by atoms with Gasteiger partial charge in [0.15, 0.2) is 5.69 Å². The van der Waals surface area contributed by atoms with Crippen molar-refractivity contribution in [3.8, 4) is 11.3 Å². The zero-order valence-corrected chi connectivity index (χ0v) is 16.7. The Bertz CT molecular complexity index is 1100. The molecule has 0 atom stereocenters. The van der Waals surface area contributed by atoms with Crippen LogP contribution in [0.3, 0.4) is 0 Å². The van der Waals surface area contributed by atoms with Gasteiger partial charge in [-0.2, -0.15) is 0 Å². The van der Waals surface area contributed by atoms with Gasteiger partial charge >= 0.3 is 0 Å². The molecule has 2 aromatic carbocycles. The van der Waals surface area contributed by atoms with Crippen molar-refractivity contribution in [3.05, 3.63) is 88.2 Å². The first kappa shape index (κ1) is 20.5. The average Bonchev–Trinajstić information content (AvgIpc) is 2.80. The number of anilines is 1. The molecular formula is C23H21FN4O3. The van der Waals surface area contributed by atoms with Crippen molar-refractivity contribution in [2.75, 3.05) is 18.4 Å². The summed E-state index contributed by atoms with van der Waals surface area (Å²) in [5.74, 6) is -0.282. The molecule has 1 aliphatic rings. The van der Waals surface area contributed by atoms with E-state index >= 15 is 0 Å². The highest BCUT2D eigenvalue weighted by Crippen LogP contribution is 2.30. The number of piperidine rings is 1. The second kappa shape index (κ2) is 8.91. The molecule has 1 amide bonds. The number of nitrogens with zero attached hydrogens (tertiary/aromatic N) is 3. The fraction of sp³-hybridized carbons (Fsp3) is 0.217. The number of aromatic nitrogens is 1. The maximum Gasteiger partial charge on any atom is 0.295 e. The van der Waals surface area contributed by atoms with Crippen LogP contribution in [-0.4, -0.2) is 39.8 Å². The lowest BCUT2D eigenvalue weighted by Crippen LogP contribution is -2.42. The van der Waals surface area contributed by atoms with Crippen LogP contribution in [0.5, 0.6) is 0 Å². The highest BCUT2D eigenvalue weighted by molar-refractivity contribution is 5.94. The lowest BCUT2D eigenvalue weighted by atomic mass is 10.0. The summed E-state index contributed by atoms with van der Waals surface area (Å²) in [5.41, 5.74) is 1.01. The standard InChI is InChI=1S/C23H21FN4O3/c24-19-9-5-4-8-18(19)23(29)27-14-12-17(13-15-27)25-21-11-10-20(28(30)31)22(26-21)16-6-2-1-3-7-16/h1-11,17H,12-15H2,(H,25,26). The molecule has 0 aliphatic carbocycles. The molecule has 1 N–H and O–H groups in total. The van der Waals surface area contributed by atoms with Crippen LogP contribution in [0, 0.1) is 15.9 Å². The third kappa shape index (κ3) is 4.53. The van der Waals surface area contributed by atoms with E-state index in [0.717, 1.165) is 0 Å². The van der Waals surface area contributed by atoms with Crippen LogP contribution >= 0.6 is 0 Å². The van der Waals surface area contributed by atoms with Gasteiger partial charge in [-0.05, 0) is 31.0 Å². The van der Waals surface area contributed by atoms with Crippen LogP contribution in [0.4, 0.5) is 15.9 Å². The predicted molar refractivity (Wildman–Crippen MR) is 115 cm³/mol. The average molecular weight is 420 g/mol. The normalized spacial score (nSPS) is 14.3. The Morgan fingerprint density at radius 1 is 1.03 bits per heavy atom. The van der Waals surface area contributed by atoms with E-state index in [2.05, 4.69) is 10.3 Å². The van der Waals surface area contributed by atoms with Gasteiger partial charge in [-0.1, -0.05) is 42.5 Å². The number of carbonyl (C=O) groups excluding carboxylic acids is 1. The molecule has 4 rings (SSSR count). The van der Waals surface area contributed by atoms with Gasteiger partial charge < -0.3 is 10.2 Å². The van der Waals surface area contributed by atoms with Gasteiger partial charge in [0.25, 0.3) is 11.6 Å². The molecule has 2 heterocycles. The molecule has 31 heavy (non-hydrogen) atoms. The molecule has 0 spiro atoms. The first-order chi connectivity index (χ1) is 15.0. The summed E-state index contributed by atoms with van der Waals surface area (Å²) in [6.07, 6.45) is 1.33. The van der Waals surface area contributed by atoms with E-state index in [1.54, 1.807) is 35.2 Å².